The normalized spacial score (nSPS) is 11.7. The SMILES string of the molecule is CC(=O)N(c1ccccc1)C(C)C(=O)Sc1ccccc1. The van der Waals surface area contributed by atoms with Crippen LogP contribution in [0.4, 0.5) is 5.69 Å². The standard InChI is InChI=1S/C17H17NO2S/c1-13(17(20)21-16-11-7-4-8-12-16)18(14(2)19)15-9-5-3-6-10-15/h3-13H,1-2H3. The quantitative estimate of drug-likeness (QED) is 0.807. The first-order chi connectivity index (χ1) is 10.1. The highest BCUT2D eigenvalue weighted by atomic mass is 32.2. The molecule has 0 saturated heterocycles. The van der Waals surface area contributed by atoms with Gasteiger partial charge in [-0.2, -0.15) is 0 Å². The van der Waals surface area contributed by atoms with Crippen molar-refractivity contribution in [2.75, 3.05) is 4.90 Å². The monoisotopic (exact) mass is 299 g/mol. The van der Waals surface area contributed by atoms with Crippen LogP contribution in [0.15, 0.2) is 65.6 Å². The predicted octanol–water partition coefficient (Wildman–Crippen LogP) is 3.75. The van der Waals surface area contributed by atoms with Crippen molar-refractivity contribution in [2.24, 2.45) is 0 Å². The van der Waals surface area contributed by atoms with Crippen molar-refractivity contribution < 1.29 is 9.59 Å². The lowest BCUT2D eigenvalue weighted by Crippen LogP contribution is -2.41. The summed E-state index contributed by atoms with van der Waals surface area (Å²) in [6.45, 7) is 3.23. The summed E-state index contributed by atoms with van der Waals surface area (Å²) in [5, 5.41) is -0.0553. The van der Waals surface area contributed by atoms with E-state index in [1.54, 1.807) is 6.92 Å². The van der Waals surface area contributed by atoms with E-state index in [0.29, 0.717) is 0 Å². The molecule has 0 spiro atoms. The molecule has 0 fully saturated rings. The molecule has 3 nitrogen and oxygen atoms in total. The van der Waals surface area contributed by atoms with Crippen molar-refractivity contribution in [3.8, 4) is 0 Å². The molecule has 0 aliphatic rings. The lowest BCUT2D eigenvalue weighted by Gasteiger charge is -2.26. The van der Waals surface area contributed by atoms with Gasteiger partial charge in [0.15, 0.2) is 0 Å². The molecule has 2 aromatic carbocycles. The maximum Gasteiger partial charge on any atom is 0.224 e. The van der Waals surface area contributed by atoms with E-state index in [-0.39, 0.29) is 11.0 Å². The van der Waals surface area contributed by atoms with Gasteiger partial charge in [0, 0.05) is 17.5 Å². The molecule has 2 rings (SSSR count). The maximum absolute atomic E-state index is 12.4. The van der Waals surface area contributed by atoms with Crippen LogP contribution in [0.25, 0.3) is 0 Å². The van der Waals surface area contributed by atoms with Crippen LogP contribution in [0.2, 0.25) is 0 Å². The summed E-state index contributed by atoms with van der Waals surface area (Å²) >= 11 is 1.16. The summed E-state index contributed by atoms with van der Waals surface area (Å²) < 4.78 is 0. The lowest BCUT2D eigenvalue weighted by atomic mass is 10.2. The van der Waals surface area contributed by atoms with Crippen LogP contribution >= 0.6 is 11.8 Å². The van der Waals surface area contributed by atoms with Crippen LogP contribution in [0.1, 0.15) is 13.8 Å². The molecule has 2 aromatic rings. The molecule has 0 radical (unpaired) electrons. The Bertz CT molecular complexity index is 613. The van der Waals surface area contributed by atoms with Crippen LogP contribution in [-0.4, -0.2) is 17.1 Å². The molecular weight excluding hydrogens is 282 g/mol. The zero-order chi connectivity index (χ0) is 15.2. The van der Waals surface area contributed by atoms with Crippen molar-refractivity contribution in [1.29, 1.82) is 0 Å². The molecule has 21 heavy (non-hydrogen) atoms. The highest BCUT2D eigenvalue weighted by Gasteiger charge is 2.25. The minimum absolute atomic E-state index is 0.0553. The molecule has 0 aromatic heterocycles. The fourth-order valence-corrected chi connectivity index (χ4v) is 2.86. The first-order valence-corrected chi connectivity index (χ1v) is 7.53. The van der Waals surface area contributed by atoms with Gasteiger partial charge in [-0.1, -0.05) is 36.4 Å². The van der Waals surface area contributed by atoms with E-state index in [4.69, 9.17) is 0 Å². The second-order valence-corrected chi connectivity index (χ2v) is 5.71. The summed E-state index contributed by atoms with van der Waals surface area (Å²) in [5.41, 5.74) is 0.736. The van der Waals surface area contributed by atoms with E-state index in [0.717, 1.165) is 22.3 Å². The number of hydrogen-bond acceptors (Lipinski definition) is 3. The van der Waals surface area contributed by atoms with Gasteiger partial charge in [-0.05, 0) is 43.0 Å². The summed E-state index contributed by atoms with van der Waals surface area (Å²) in [6, 6.07) is 18.2. The lowest BCUT2D eigenvalue weighted by molar-refractivity contribution is -0.120. The topological polar surface area (TPSA) is 37.4 Å². The van der Waals surface area contributed by atoms with Crippen LogP contribution < -0.4 is 4.90 Å². The van der Waals surface area contributed by atoms with Gasteiger partial charge < -0.3 is 4.90 Å². The zero-order valence-electron chi connectivity index (χ0n) is 12.0. The van der Waals surface area contributed by atoms with Crippen LogP contribution in [-0.2, 0) is 9.59 Å². The van der Waals surface area contributed by atoms with Gasteiger partial charge in [-0.3, -0.25) is 9.59 Å². The van der Waals surface area contributed by atoms with E-state index in [9.17, 15) is 9.59 Å². The Balaban J connectivity index is 2.17. The van der Waals surface area contributed by atoms with Gasteiger partial charge in [0.25, 0.3) is 0 Å². The number of para-hydroxylation sites is 1. The number of hydrogen-bond donors (Lipinski definition) is 0. The van der Waals surface area contributed by atoms with Crippen molar-refractivity contribution in [1.82, 2.24) is 0 Å². The third-order valence-corrected chi connectivity index (χ3v) is 4.11. The Morgan fingerprint density at radius 2 is 1.48 bits per heavy atom. The second-order valence-electron chi connectivity index (χ2n) is 4.63. The molecule has 108 valence electrons. The molecule has 0 aliphatic heterocycles. The van der Waals surface area contributed by atoms with Gasteiger partial charge in [0.1, 0.15) is 6.04 Å². The summed E-state index contributed by atoms with van der Waals surface area (Å²) in [4.78, 5) is 26.7. The molecule has 0 N–H and O–H groups in total. The molecule has 0 aliphatic carbocycles. The molecule has 1 unspecified atom stereocenters. The van der Waals surface area contributed by atoms with Gasteiger partial charge in [-0.25, -0.2) is 0 Å². The number of nitrogens with zero attached hydrogens (tertiary/aromatic N) is 1. The minimum atomic E-state index is -0.518. The van der Waals surface area contributed by atoms with Gasteiger partial charge in [-0.15, -0.1) is 0 Å². The smallest absolute Gasteiger partial charge is 0.224 e. The van der Waals surface area contributed by atoms with Crippen LogP contribution in [0, 0.1) is 0 Å². The molecule has 0 saturated carbocycles. The van der Waals surface area contributed by atoms with E-state index < -0.39 is 6.04 Å². The zero-order valence-corrected chi connectivity index (χ0v) is 12.8. The number of amides is 1. The van der Waals surface area contributed by atoms with E-state index >= 15 is 0 Å². The molecule has 1 amide bonds. The highest BCUT2D eigenvalue weighted by Crippen LogP contribution is 2.24. The van der Waals surface area contributed by atoms with Crippen LogP contribution in [0.5, 0.6) is 0 Å². The van der Waals surface area contributed by atoms with E-state index in [1.165, 1.54) is 11.8 Å². The highest BCUT2D eigenvalue weighted by molar-refractivity contribution is 8.13. The van der Waals surface area contributed by atoms with Crippen molar-refractivity contribution >= 4 is 28.5 Å². The largest absolute Gasteiger partial charge is 0.302 e. The summed E-state index contributed by atoms with van der Waals surface area (Å²) in [6.07, 6.45) is 0. The maximum atomic E-state index is 12.4. The predicted molar refractivity (Wildman–Crippen MR) is 86.4 cm³/mol. The first kappa shape index (κ1) is 15.3. The molecule has 0 heterocycles. The summed E-state index contributed by atoms with van der Waals surface area (Å²) in [7, 11) is 0. The van der Waals surface area contributed by atoms with E-state index in [2.05, 4.69) is 0 Å². The molecule has 4 heteroatoms. The number of carbonyl (C=O) groups is 2. The van der Waals surface area contributed by atoms with Gasteiger partial charge in [0.05, 0.1) is 0 Å². The van der Waals surface area contributed by atoms with Crippen molar-refractivity contribution in [3.05, 3.63) is 60.7 Å². The third-order valence-electron chi connectivity index (χ3n) is 3.06. The fourth-order valence-electron chi connectivity index (χ4n) is 2.06. The van der Waals surface area contributed by atoms with Gasteiger partial charge in [0.2, 0.25) is 11.0 Å². The second kappa shape index (κ2) is 7.09. The average Bonchev–Trinajstić information content (AvgIpc) is 2.49. The average molecular weight is 299 g/mol. The number of benzene rings is 2. The minimum Gasteiger partial charge on any atom is -0.302 e. The molecular formula is C17H17NO2S. The number of thioether (sulfide) groups is 1. The van der Waals surface area contributed by atoms with Crippen molar-refractivity contribution in [3.63, 3.8) is 0 Å². The molecule has 0 bridgehead atoms. The summed E-state index contributed by atoms with van der Waals surface area (Å²) in [5.74, 6) is -0.143. The molecule has 1 atom stereocenters. The Hall–Kier alpha value is -2.07. The number of anilines is 1. The van der Waals surface area contributed by atoms with Gasteiger partial charge >= 0.3 is 0 Å². The Morgan fingerprint density at radius 3 is 2.00 bits per heavy atom. The Morgan fingerprint density at radius 1 is 0.952 bits per heavy atom. The number of carbonyl (C=O) groups excluding carboxylic acids is 2. The Labute approximate surface area is 129 Å². The number of rotatable bonds is 4. The first-order valence-electron chi connectivity index (χ1n) is 6.71. The van der Waals surface area contributed by atoms with Crippen molar-refractivity contribution in [2.45, 2.75) is 24.8 Å². The third kappa shape index (κ3) is 3.95. The fraction of sp³-hybridized carbons (Fsp3) is 0.176. The van der Waals surface area contributed by atoms with E-state index in [1.807, 2.05) is 60.7 Å². The van der Waals surface area contributed by atoms with Crippen LogP contribution in [0.3, 0.4) is 0 Å². The Kier molecular flexibility index (Phi) is 5.17.